The number of rotatable bonds is 8. The third-order valence-electron chi connectivity index (χ3n) is 2.26. The Hall–Kier alpha value is -0.590. The summed E-state index contributed by atoms with van der Waals surface area (Å²) in [4.78, 5) is 0. The van der Waals surface area contributed by atoms with Gasteiger partial charge >= 0.3 is 0 Å². The molecule has 0 aliphatic rings. The summed E-state index contributed by atoms with van der Waals surface area (Å²) in [7, 11) is 0. The van der Waals surface area contributed by atoms with Crippen LogP contribution in [0.25, 0.3) is 0 Å². The smallest absolute Gasteiger partial charge is 0.151 e. The van der Waals surface area contributed by atoms with E-state index in [1.807, 2.05) is 0 Å². The third-order valence-corrected chi connectivity index (χ3v) is 2.26. The van der Waals surface area contributed by atoms with Crippen LogP contribution >= 0.6 is 0 Å². The first kappa shape index (κ1) is 13.4. The van der Waals surface area contributed by atoms with E-state index in [1.54, 1.807) is 6.92 Å². The number of nitriles is 1. The molecule has 0 aromatic heterocycles. The molecule has 0 saturated heterocycles. The van der Waals surface area contributed by atoms with E-state index in [1.165, 1.54) is 12.8 Å². The van der Waals surface area contributed by atoms with Crippen molar-refractivity contribution in [2.24, 2.45) is 0 Å². The first-order valence-corrected chi connectivity index (χ1v) is 5.34. The molecule has 0 radical (unpaired) electrons. The van der Waals surface area contributed by atoms with Gasteiger partial charge in [-0.1, -0.05) is 26.2 Å². The van der Waals surface area contributed by atoms with E-state index >= 15 is 0 Å². The van der Waals surface area contributed by atoms with Crippen LogP contribution in [-0.2, 0) is 4.74 Å². The molecule has 82 valence electrons. The molecular formula is C11H21NO2. The molecule has 1 atom stereocenters. The van der Waals surface area contributed by atoms with Gasteiger partial charge in [-0.05, 0) is 19.8 Å². The van der Waals surface area contributed by atoms with Gasteiger partial charge in [-0.25, -0.2) is 0 Å². The van der Waals surface area contributed by atoms with Gasteiger partial charge in [0, 0.05) is 0 Å². The number of unbranched alkanes of at least 4 members (excludes halogenated alkanes) is 3. The molecule has 0 aromatic carbocycles. The fourth-order valence-corrected chi connectivity index (χ4v) is 1.32. The zero-order valence-electron chi connectivity index (χ0n) is 9.25. The Morgan fingerprint density at radius 1 is 1.36 bits per heavy atom. The topological polar surface area (TPSA) is 53.2 Å². The highest BCUT2D eigenvalue weighted by atomic mass is 16.5. The third kappa shape index (κ3) is 5.95. The first-order chi connectivity index (χ1) is 6.68. The molecule has 1 N–H and O–H groups in total. The first-order valence-electron chi connectivity index (χ1n) is 5.34. The van der Waals surface area contributed by atoms with Gasteiger partial charge in [-0.3, -0.25) is 0 Å². The fraction of sp³-hybridized carbons (Fsp3) is 0.909. The van der Waals surface area contributed by atoms with Gasteiger partial charge in [0.15, 0.2) is 5.60 Å². The van der Waals surface area contributed by atoms with Gasteiger partial charge in [-0.2, -0.15) is 5.26 Å². The Kier molecular flexibility index (Phi) is 7.45. The number of nitrogens with zero attached hydrogens (tertiary/aromatic N) is 1. The van der Waals surface area contributed by atoms with E-state index in [0.29, 0.717) is 0 Å². The molecule has 0 rings (SSSR count). The minimum Gasteiger partial charge on any atom is -0.394 e. The van der Waals surface area contributed by atoms with Crippen molar-refractivity contribution in [3.63, 3.8) is 0 Å². The van der Waals surface area contributed by atoms with E-state index in [4.69, 9.17) is 15.1 Å². The lowest BCUT2D eigenvalue weighted by atomic mass is 9.99. The van der Waals surface area contributed by atoms with Crippen LogP contribution in [-0.4, -0.2) is 23.9 Å². The lowest BCUT2D eigenvalue weighted by Gasteiger charge is -2.21. The Morgan fingerprint density at radius 3 is 2.57 bits per heavy atom. The Labute approximate surface area is 86.7 Å². The maximum absolute atomic E-state index is 8.91. The standard InChI is InChI=1S/C11H21NO2/c1-3-4-5-6-7-11(2,10-12)14-9-8-13/h13H,3-9H2,1-2H3. The Balaban J connectivity index is 3.70. The quantitative estimate of drug-likeness (QED) is 0.610. The summed E-state index contributed by atoms with van der Waals surface area (Å²) in [6.45, 7) is 4.17. The van der Waals surface area contributed by atoms with Crippen molar-refractivity contribution in [1.29, 1.82) is 5.26 Å². The maximum Gasteiger partial charge on any atom is 0.151 e. The van der Waals surface area contributed by atoms with Crippen LogP contribution in [0.4, 0.5) is 0 Å². The van der Waals surface area contributed by atoms with Crippen LogP contribution in [0.1, 0.15) is 46.0 Å². The summed E-state index contributed by atoms with van der Waals surface area (Å²) < 4.78 is 5.30. The van der Waals surface area contributed by atoms with Crippen molar-refractivity contribution >= 4 is 0 Å². The van der Waals surface area contributed by atoms with Crippen molar-refractivity contribution in [2.75, 3.05) is 13.2 Å². The fourth-order valence-electron chi connectivity index (χ4n) is 1.32. The molecule has 0 heterocycles. The zero-order chi connectivity index (χ0) is 10.9. The number of aliphatic hydroxyl groups is 1. The van der Waals surface area contributed by atoms with Gasteiger partial charge in [0.1, 0.15) is 0 Å². The molecule has 0 saturated carbocycles. The minimum absolute atomic E-state index is 0.0216. The van der Waals surface area contributed by atoms with Crippen LogP contribution in [0.15, 0.2) is 0 Å². The molecule has 0 bridgehead atoms. The van der Waals surface area contributed by atoms with Gasteiger partial charge in [-0.15, -0.1) is 0 Å². The normalized spacial score (nSPS) is 14.7. The van der Waals surface area contributed by atoms with Gasteiger partial charge in [0.2, 0.25) is 0 Å². The van der Waals surface area contributed by atoms with Crippen molar-refractivity contribution in [2.45, 2.75) is 51.6 Å². The average molecular weight is 199 g/mol. The molecule has 0 spiro atoms. The molecule has 14 heavy (non-hydrogen) atoms. The van der Waals surface area contributed by atoms with Crippen molar-refractivity contribution in [3.8, 4) is 6.07 Å². The summed E-state index contributed by atoms with van der Waals surface area (Å²) in [6, 6.07) is 2.16. The second-order valence-electron chi connectivity index (χ2n) is 3.73. The minimum atomic E-state index is -0.712. The monoisotopic (exact) mass is 199 g/mol. The van der Waals surface area contributed by atoms with Crippen LogP contribution < -0.4 is 0 Å². The van der Waals surface area contributed by atoms with Crippen LogP contribution in [0.3, 0.4) is 0 Å². The maximum atomic E-state index is 8.91. The lowest BCUT2D eigenvalue weighted by Crippen LogP contribution is -2.28. The van der Waals surface area contributed by atoms with E-state index in [-0.39, 0.29) is 13.2 Å². The largest absolute Gasteiger partial charge is 0.394 e. The Bertz CT molecular complexity index is 177. The predicted octanol–water partition coefficient (Wildman–Crippen LogP) is 2.25. The summed E-state index contributed by atoms with van der Waals surface area (Å²) >= 11 is 0. The van der Waals surface area contributed by atoms with Gasteiger partial charge in [0.05, 0.1) is 19.3 Å². The molecule has 1 unspecified atom stereocenters. The summed E-state index contributed by atoms with van der Waals surface area (Å²) in [5, 5.41) is 17.5. The molecule has 3 nitrogen and oxygen atoms in total. The highest BCUT2D eigenvalue weighted by Gasteiger charge is 2.23. The van der Waals surface area contributed by atoms with Crippen LogP contribution in [0.2, 0.25) is 0 Å². The number of aliphatic hydroxyl groups excluding tert-OH is 1. The second-order valence-corrected chi connectivity index (χ2v) is 3.73. The number of hydrogen-bond acceptors (Lipinski definition) is 3. The van der Waals surface area contributed by atoms with Crippen molar-refractivity contribution < 1.29 is 9.84 Å². The highest BCUT2D eigenvalue weighted by Crippen LogP contribution is 2.18. The van der Waals surface area contributed by atoms with E-state index < -0.39 is 5.60 Å². The summed E-state index contributed by atoms with van der Waals surface area (Å²) in [5.41, 5.74) is -0.712. The van der Waals surface area contributed by atoms with Gasteiger partial charge < -0.3 is 9.84 Å². The SMILES string of the molecule is CCCCCCC(C)(C#N)OCCO. The Morgan fingerprint density at radius 2 is 2.07 bits per heavy atom. The highest BCUT2D eigenvalue weighted by molar-refractivity contribution is 4.97. The van der Waals surface area contributed by atoms with Crippen molar-refractivity contribution in [1.82, 2.24) is 0 Å². The lowest BCUT2D eigenvalue weighted by molar-refractivity contribution is -0.0138. The number of ether oxygens (including phenoxy) is 1. The summed E-state index contributed by atoms with van der Waals surface area (Å²) in [5.74, 6) is 0. The van der Waals surface area contributed by atoms with E-state index in [0.717, 1.165) is 19.3 Å². The summed E-state index contributed by atoms with van der Waals surface area (Å²) in [6.07, 6.45) is 5.32. The van der Waals surface area contributed by atoms with Crippen molar-refractivity contribution in [3.05, 3.63) is 0 Å². The zero-order valence-corrected chi connectivity index (χ0v) is 9.25. The molecule has 0 amide bonds. The van der Waals surface area contributed by atoms with E-state index in [9.17, 15) is 0 Å². The van der Waals surface area contributed by atoms with Crippen LogP contribution in [0.5, 0.6) is 0 Å². The van der Waals surface area contributed by atoms with Gasteiger partial charge in [0.25, 0.3) is 0 Å². The average Bonchev–Trinajstić information content (AvgIpc) is 2.22. The molecule has 0 aliphatic heterocycles. The molecule has 0 aliphatic carbocycles. The number of hydrogen-bond donors (Lipinski definition) is 1. The molecule has 3 heteroatoms. The molecule has 0 aromatic rings. The van der Waals surface area contributed by atoms with Crippen LogP contribution in [0, 0.1) is 11.3 Å². The molecular weight excluding hydrogens is 178 g/mol. The second kappa shape index (κ2) is 7.78. The predicted molar refractivity (Wildman–Crippen MR) is 55.8 cm³/mol. The molecule has 0 fully saturated rings. The van der Waals surface area contributed by atoms with E-state index in [2.05, 4.69) is 13.0 Å².